The van der Waals surface area contributed by atoms with Crippen molar-refractivity contribution in [2.75, 3.05) is 30.9 Å². The Hall–Kier alpha value is -2.91. The van der Waals surface area contributed by atoms with Crippen molar-refractivity contribution in [1.82, 2.24) is 24.5 Å². The number of piperidine rings is 1. The highest BCUT2D eigenvalue weighted by atomic mass is 16.5. The molecule has 1 aromatic carbocycles. The van der Waals surface area contributed by atoms with Crippen LogP contribution in [0.4, 0.5) is 11.8 Å². The van der Waals surface area contributed by atoms with Gasteiger partial charge in [0.05, 0.1) is 13.4 Å². The van der Waals surface area contributed by atoms with Gasteiger partial charge in [0.15, 0.2) is 17.0 Å². The molecule has 2 saturated carbocycles. The molecule has 3 heterocycles. The Balaban J connectivity index is 1.18. The summed E-state index contributed by atoms with van der Waals surface area (Å²) in [4.78, 5) is 14.8. The van der Waals surface area contributed by atoms with Crippen LogP contribution >= 0.6 is 0 Å². The molecule has 0 spiro atoms. The molecule has 9 nitrogen and oxygen atoms in total. The molecule has 0 unspecified atom stereocenters. The number of nitrogens with two attached hydrogens (primary N) is 1. The Kier molecular flexibility index (Phi) is 7.65. The van der Waals surface area contributed by atoms with Gasteiger partial charge < -0.3 is 25.8 Å². The Bertz CT molecular complexity index is 1210. The SMILES string of the molecule is COc1ccccc1CC1CCN(Nc2nc(NC3CCC(N)CC3)nc3c2ncn3C2CCCC2)CC1. The van der Waals surface area contributed by atoms with Gasteiger partial charge in [0.25, 0.3) is 0 Å². The van der Waals surface area contributed by atoms with Crippen LogP contribution in [0.15, 0.2) is 30.6 Å². The van der Waals surface area contributed by atoms with Crippen LogP contribution in [0.5, 0.6) is 5.75 Å². The van der Waals surface area contributed by atoms with Gasteiger partial charge in [-0.2, -0.15) is 9.97 Å². The number of nitrogens with one attached hydrogen (secondary N) is 2. The van der Waals surface area contributed by atoms with Gasteiger partial charge in [-0.3, -0.25) is 0 Å². The lowest BCUT2D eigenvalue weighted by atomic mass is 9.90. The number of nitrogens with zero attached hydrogens (tertiary/aromatic N) is 5. The molecule has 6 rings (SSSR count). The molecule has 1 saturated heterocycles. The van der Waals surface area contributed by atoms with E-state index in [4.69, 9.17) is 25.4 Å². The predicted molar refractivity (Wildman–Crippen MR) is 151 cm³/mol. The van der Waals surface area contributed by atoms with Crippen LogP contribution in [-0.4, -0.2) is 56.8 Å². The first-order chi connectivity index (χ1) is 18.7. The molecular weight excluding hydrogens is 476 g/mol. The van der Waals surface area contributed by atoms with Gasteiger partial charge in [-0.05, 0) is 75.3 Å². The second-order valence-corrected chi connectivity index (χ2v) is 11.5. The fourth-order valence-corrected chi connectivity index (χ4v) is 6.54. The summed E-state index contributed by atoms with van der Waals surface area (Å²) < 4.78 is 7.87. The zero-order chi connectivity index (χ0) is 25.9. The number of para-hydroxylation sites is 1. The van der Waals surface area contributed by atoms with Gasteiger partial charge >= 0.3 is 0 Å². The maximum absolute atomic E-state index is 6.14. The third kappa shape index (κ3) is 5.59. The number of rotatable bonds is 8. The number of aromatic nitrogens is 4. The normalized spacial score (nSPS) is 23.6. The molecule has 3 aliphatic rings. The van der Waals surface area contributed by atoms with Crippen LogP contribution in [0.2, 0.25) is 0 Å². The van der Waals surface area contributed by atoms with Crippen LogP contribution < -0.4 is 21.2 Å². The van der Waals surface area contributed by atoms with E-state index in [2.05, 4.69) is 38.5 Å². The average molecular weight is 519 g/mol. The maximum Gasteiger partial charge on any atom is 0.227 e. The summed E-state index contributed by atoms with van der Waals surface area (Å²) in [6.07, 6.45) is 14.5. The number of fused-ring (bicyclic) bond motifs is 1. The number of benzene rings is 1. The predicted octanol–water partition coefficient (Wildman–Crippen LogP) is 4.91. The topological polar surface area (TPSA) is 106 Å². The van der Waals surface area contributed by atoms with Crippen LogP contribution in [0.25, 0.3) is 11.2 Å². The third-order valence-corrected chi connectivity index (χ3v) is 8.82. The quantitative estimate of drug-likeness (QED) is 0.386. The van der Waals surface area contributed by atoms with Crippen LogP contribution in [0.3, 0.4) is 0 Å². The highest BCUT2D eigenvalue weighted by Gasteiger charge is 2.26. The van der Waals surface area contributed by atoms with Gasteiger partial charge in [0.1, 0.15) is 5.75 Å². The zero-order valence-corrected chi connectivity index (χ0v) is 22.6. The molecule has 38 heavy (non-hydrogen) atoms. The number of imidazole rings is 1. The largest absolute Gasteiger partial charge is 0.496 e. The van der Waals surface area contributed by atoms with E-state index in [1.54, 1.807) is 7.11 Å². The summed E-state index contributed by atoms with van der Waals surface area (Å²) in [5, 5.41) is 5.94. The summed E-state index contributed by atoms with van der Waals surface area (Å²) >= 11 is 0. The first-order valence-corrected chi connectivity index (χ1v) is 14.6. The van der Waals surface area contributed by atoms with Crippen molar-refractivity contribution in [3.63, 3.8) is 0 Å². The molecule has 0 bridgehead atoms. The van der Waals surface area contributed by atoms with Crippen LogP contribution in [0.1, 0.15) is 75.8 Å². The Labute approximate surface area is 225 Å². The number of anilines is 2. The smallest absolute Gasteiger partial charge is 0.227 e. The molecule has 0 radical (unpaired) electrons. The first kappa shape index (κ1) is 25.4. The maximum atomic E-state index is 6.14. The minimum Gasteiger partial charge on any atom is -0.496 e. The van der Waals surface area contributed by atoms with E-state index in [0.29, 0.717) is 30.0 Å². The molecule has 9 heteroatoms. The zero-order valence-electron chi connectivity index (χ0n) is 22.6. The van der Waals surface area contributed by atoms with Crippen molar-refractivity contribution in [3.05, 3.63) is 36.2 Å². The van der Waals surface area contributed by atoms with Gasteiger partial charge in [-0.25, -0.2) is 9.99 Å². The van der Waals surface area contributed by atoms with Crippen molar-refractivity contribution in [2.45, 2.75) is 88.8 Å². The van der Waals surface area contributed by atoms with E-state index < -0.39 is 0 Å². The number of hydrazine groups is 1. The Morgan fingerprint density at radius 3 is 2.50 bits per heavy atom. The monoisotopic (exact) mass is 518 g/mol. The lowest BCUT2D eigenvalue weighted by Crippen LogP contribution is -2.39. The first-order valence-electron chi connectivity index (χ1n) is 14.6. The number of hydrogen-bond acceptors (Lipinski definition) is 8. The summed E-state index contributed by atoms with van der Waals surface area (Å²) in [7, 11) is 1.76. The van der Waals surface area contributed by atoms with E-state index in [1.807, 2.05) is 12.4 Å². The average Bonchev–Trinajstić information content (AvgIpc) is 3.62. The fourth-order valence-electron chi connectivity index (χ4n) is 6.54. The molecule has 1 aliphatic heterocycles. The number of ether oxygens (including phenoxy) is 1. The standard InChI is InChI=1S/C29H42N8O/c1-38-25-9-5-2-6-21(25)18-20-14-16-36(17-15-20)35-27-26-28(37(19-31-26)24-7-3-4-8-24)34-29(33-27)32-23-12-10-22(30)11-13-23/h2,5-6,9,19-20,22-24H,3-4,7-8,10-18,30H2,1H3,(H2,32,33,34,35). The van der Waals surface area contributed by atoms with Gasteiger partial charge in [0.2, 0.25) is 5.95 Å². The second kappa shape index (κ2) is 11.5. The minimum absolute atomic E-state index is 0.323. The van der Waals surface area contributed by atoms with Gasteiger partial charge in [0, 0.05) is 31.2 Å². The Morgan fingerprint density at radius 1 is 0.974 bits per heavy atom. The summed E-state index contributed by atoms with van der Waals surface area (Å²) in [6.45, 7) is 1.94. The van der Waals surface area contributed by atoms with Crippen molar-refractivity contribution in [2.24, 2.45) is 11.7 Å². The fraction of sp³-hybridized carbons (Fsp3) is 0.621. The molecule has 4 N–H and O–H groups in total. The van der Waals surface area contributed by atoms with Gasteiger partial charge in [-0.1, -0.05) is 31.0 Å². The highest BCUT2D eigenvalue weighted by Crippen LogP contribution is 2.34. The lowest BCUT2D eigenvalue weighted by molar-refractivity contribution is 0.215. The van der Waals surface area contributed by atoms with E-state index in [9.17, 15) is 0 Å². The molecule has 3 fully saturated rings. The molecule has 204 valence electrons. The molecule has 3 aromatic rings. The van der Waals surface area contributed by atoms with Crippen molar-refractivity contribution < 1.29 is 4.74 Å². The summed E-state index contributed by atoms with van der Waals surface area (Å²) in [5.74, 6) is 3.15. The molecular formula is C29H42N8O. The minimum atomic E-state index is 0.323. The van der Waals surface area contributed by atoms with Crippen LogP contribution in [-0.2, 0) is 6.42 Å². The van der Waals surface area contributed by atoms with E-state index >= 15 is 0 Å². The van der Waals surface area contributed by atoms with Crippen LogP contribution in [0, 0.1) is 5.92 Å². The van der Waals surface area contributed by atoms with E-state index in [-0.39, 0.29) is 0 Å². The van der Waals surface area contributed by atoms with Crippen molar-refractivity contribution in [1.29, 1.82) is 0 Å². The Morgan fingerprint density at radius 2 is 1.74 bits per heavy atom. The van der Waals surface area contributed by atoms with E-state index in [0.717, 1.165) is 80.8 Å². The number of hydrogen-bond donors (Lipinski definition) is 3. The summed E-state index contributed by atoms with van der Waals surface area (Å²) in [6, 6.07) is 9.57. The van der Waals surface area contributed by atoms with Crippen molar-refractivity contribution in [3.8, 4) is 5.75 Å². The van der Waals surface area contributed by atoms with Gasteiger partial charge in [-0.15, -0.1) is 0 Å². The molecule has 2 aliphatic carbocycles. The molecule has 2 aromatic heterocycles. The number of methoxy groups -OCH3 is 1. The molecule has 0 amide bonds. The summed E-state index contributed by atoms with van der Waals surface area (Å²) in [5.41, 5.74) is 12.9. The third-order valence-electron chi connectivity index (χ3n) is 8.82. The van der Waals surface area contributed by atoms with E-state index in [1.165, 1.54) is 31.2 Å². The lowest BCUT2D eigenvalue weighted by Gasteiger charge is -2.32. The highest BCUT2D eigenvalue weighted by molar-refractivity contribution is 5.84. The molecule has 0 atom stereocenters. The second-order valence-electron chi connectivity index (χ2n) is 11.5. The van der Waals surface area contributed by atoms with Crippen molar-refractivity contribution >= 4 is 22.9 Å².